The fraction of sp³-hybridized carbons (Fsp3) is 0.286. The van der Waals surface area contributed by atoms with Crippen molar-refractivity contribution in [2.75, 3.05) is 13.1 Å². The van der Waals surface area contributed by atoms with Gasteiger partial charge in [0.25, 0.3) is 5.91 Å². The Balaban J connectivity index is 1.64. The standard InChI is InChI=1S/C14H14N6O4/c1-9(12(21)19-7-6-15-14(19)23)24-13(22)10-2-4-11(5-3-10)20-8-16-17-18-20/h2-5,8-9H,6-7H2,1H3,(H,15,23)/t9-/m0/s1. The molecule has 2 heterocycles. The summed E-state index contributed by atoms with van der Waals surface area (Å²) in [6, 6.07) is 5.90. The van der Waals surface area contributed by atoms with Gasteiger partial charge in [-0.15, -0.1) is 5.10 Å². The Morgan fingerprint density at radius 2 is 2.04 bits per heavy atom. The molecule has 0 saturated carbocycles. The molecule has 124 valence electrons. The highest BCUT2D eigenvalue weighted by molar-refractivity contribution is 5.99. The van der Waals surface area contributed by atoms with E-state index in [1.54, 1.807) is 24.3 Å². The molecule has 0 bridgehead atoms. The molecule has 0 unspecified atom stereocenters. The largest absolute Gasteiger partial charge is 0.449 e. The van der Waals surface area contributed by atoms with Crippen molar-refractivity contribution in [3.8, 4) is 5.69 Å². The van der Waals surface area contributed by atoms with E-state index in [9.17, 15) is 14.4 Å². The van der Waals surface area contributed by atoms with Gasteiger partial charge in [-0.1, -0.05) is 0 Å². The number of nitrogens with one attached hydrogen (secondary N) is 1. The van der Waals surface area contributed by atoms with Crippen LogP contribution in [0.5, 0.6) is 0 Å². The highest BCUT2D eigenvalue weighted by Gasteiger charge is 2.31. The maximum Gasteiger partial charge on any atom is 0.338 e. The summed E-state index contributed by atoms with van der Waals surface area (Å²) in [6.45, 7) is 2.09. The lowest BCUT2D eigenvalue weighted by Gasteiger charge is -2.18. The van der Waals surface area contributed by atoms with E-state index >= 15 is 0 Å². The van der Waals surface area contributed by atoms with Gasteiger partial charge >= 0.3 is 12.0 Å². The van der Waals surface area contributed by atoms with Crippen molar-refractivity contribution in [2.24, 2.45) is 0 Å². The van der Waals surface area contributed by atoms with Gasteiger partial charge in [0.15, 0.2) is 6.10 Å². The van der Waals surface area contributed by atoms with Gasteiger partial charge in [0.2, 0.25) is 0 Å². The zero-order valence-electron chi connectivity index (χ0n) is 12.7. The van der Waals surface area contributed by atoms with Crippen LogP contribution in [0.15, 0.2) is 30.6 Å². The predicted octanol–water partition coefficient (Wildman–Crippen LogP) is -0.241. The highest BCUT2D eigenvalue weighted by atomic mass is 16.5. The number of urea groups is 1. The number of carbonyl (C=O) groups excluding carboxylic acids is 3. The molecule has 1 saturated heterocycles. The lowest BCUT2D eigenvalue weighted by molar-refractivity contribution is -0.136. The zero-order valence-corrected chi connectivity index (χ0v) is 12.7. The van der Waals surface area contributed by atoms with Crippen LogP contribution < -0.4 is 5.32 Å². The lowest BCUT2D eigenvalue weighted by atomic mass is 10.2. The van der Waals surface area contributed by atoms with Crippen LogP contribution in [0.2, 0.25) is 0 Å². The van der Waals surface area contributed by atoms with Crippen molar-refractivity contribution in [3.63, 3.8) is 0 Å². The van der Waals surface area contributed by atoms with Gasteiger partial charge < -0.3 is 10.1 Å². The lowest BCUT2D eigenvalue weighted by Crippen LogP contribution is -2.41. The zero-order chi connectivity index (χ0) is 17.1. The minimum Gasteiger partial charge on any atom is -0.449 e. The second-order valence-electron chi connectivity index (χ2n) is 5.07. The Morgan fingerprint density at radius 3 is 2.62 bits per heavy atom. The van der Waals surface area contributed by atoms with Crippen molar-refractivity contribution in [1.29, 1.82) is 0 Å². The molecule has 1 N–H and O–H groups in total. The third-order valence-electron chi connectivity index (χ3n) is 3.47. The third-order valence-corrected chi connectivity index (χ3v) is 3.47. The molecule has 1 aromatic carbocycles. The molecule has 10 nitrogen and oxygen atoms in total. The Morgan fingerprint density at radius 1 is 1.29 bits per heavy atom. The van der Waals surface area contributed by atoms with E-state index in [-0.39, 0.29) is 12.1 Å². The summed E-state index contributed by atoms with van der Waals surface area (Å²) in [5, 5.41) is 13.3. The number of tetrazole rings is 1. The van der Waals surface area contributed by atoms with Crippen LogP contribution in [0.25, 0.3) is 5.69 Å². The fourth-order valence-electron chi connectivity index (χ4n) is 2.21. The number of hydrogen-bond acceptors (Lipinski definition) is 7. The summed E-state index contributed by atoms with van der Waals surface area (Å²) in [5.41, 5.74) is 0.951. The average molecular weight is 330 g/mol. The van der Waals surface area contributed by atoms with Crippen molar-refractivity contribution in [3.05, 3.63) is 36.2 Å². The van der Waals surface area contributed by atoms with E-state index in [4.69, 9.17) is 4.74 Å². The van der Waals surface area contributed by atoms with Gasteiger partial charge in [0.1, 0.15) is 6.33 Å². The number of esters is 1. The van der Waals surface area contributed by atoms with Gasteiger partial charge in [-0.25, -0.2) is 14.3 Å². The maximum atomic E-state index is 12.1. The first-order valence-electron chi connectivity index (χ1n) is 7.20. The first kappa shape index (κ1) is 15.6. The number of aromatic nitrogens is 4. The van der Waals surface area contributed by atoms with E-state index in [0.29, 0.717) is 12.2 Å². The highest BCUT2D eigenvalue weighted by Crippen LogP contribution is 2.11. The van der Waals surface area contributed by atoms with Crippen molar-refractivity contribution < 1.29 is 19.1 Å². The number of rotatable bonds is 4. The van der Waals surface area contributed by atoms with E-state index in [0.717, 1.165) is 4.90 Å². The molecule has 1 fully saturated rings. The Bertz CT molecular complexity index is 758. The van der Waals surface area contributed by atoms with Crippen molar-refractivity contribution >= 4 is 17.9 Å². The van der Waals surface area contributed by atoms with Crippen LogP contribution in [-0.2, 0) is 9.53 Å². The summed E-state index contributed by atoms with van der Waals surface area (Å²) in [7, 11) is 0. The number of carbonyl (C=O) groups is 3. The average Bonchev–Trinajstić information content (AvgIpc) is 3.25. The van der Waals surface area contributed by atoms with Gasteiger partial charge in [-0.2, -0.15) is 0 Å². The summed E-state index contributed by atoms with van der Waals surface area (Å²) in [5.74, 6) is -1.21. The molecule has 24 heavy (non-hydrogen) atoms. The minimum atomic E-state index is -1.06. The number of hydrogen-bond donors (Lipinski definition) is 1. The second-order valence-corrected chi connectivity index (χ2v) is 5.07. The number of benzene rings is 1. The van der Waals surface area contributed by atoms with Gasteiger partial charge in [0, 0.05) is 13.1 Å². The predicted molar refractivity (Wildman–Crippen MR) is 79.1 cm³/mol. The van der Waals surface area contributed by atoms with E-state index in [1.807, 2.05) is 0 Å². The van der Waals surface area contributed by atoms with Crippen LogP contribution in [0.3, 0.4) is 0 Å². The quantitative estimate of drug-likeness (QED) is 0.768. The van der Waals surface area contributed by atoms with E-state index in [2.05, 4.69) is 20.8 Å². The molecule has 1 aromatic heterocycles. The summed E-state index contributed by atoms with van der Waals surface area (Å²) in [6.07, 6.45) is 0.371. The molecule has 1 aliphatic heterocycles. The summed E-state index contributed by atoms with van der Waals surface area (Å²) >= 11 is 0. The van der Waals surface area contributed by atoms with Crippen LogP contribution in [-0.4, -0.2) is 62.2 Å². The van der Waals surface area contributed by atoms with E-state index < -0.39 is 24.0 Å². The minimum absolute atomic E-state index is 0.264. The van der Waals surface area contributed by atoms with Crippen LogP contribution in [0.4, 0.5) is 4.79 Å². The number of amides is 3. The normalized spacial score (nSPS) is 15.0. The monoisotopic (exact) mass is 330 g/mol. The van der Waals surface area contributed by atoms with Gasteiger partial charge in [-0.05, 0) is 41.6 Å². The maximum absolute atomic E-state index is 12.1. The number of ether oxygens (including phenoxy) is 1. The van der Waals surface area contributed by atoms with Crippen LogP contribution in [0.1, 0.15) is 17.3 Å². The molecule has 0 radical (unpaired) electrons. The first-order valence-corrected chi connectivity index (χ1v) is 7.20. The molecule has 10 heteroatoms. The molecule has 3 rings (SSSR count). The summed E-state index contributed by atoms with van der Waals surface area (Å²) in [4.78, 5) is 36.7. The molecule has 2 aromatic rings. The van der Waals surface area contributed by atoms with Crippen LogP contribution >= 0.6 is 0 Å². The molecular formula is C14H14N6O4. The Labute approximate surface area is 136 Å². The van der Waals surface area contributed by atoms with Crippen molar-refractivity contribution in [2.45, 2.75) is 13.0 Å². The smallest absolute Gasteiger partial charge is 0.338 e. The van der Waals surface area contributed by atoms with Crippen molar-refractivity contribution in [1.82, 2.24) is 30.4 Å². The molecule has 1 atom stereocenters. The fourth-order valence-corrected chi connectivity index (χ4v) is 2.21. The topological polar surface area (TPSA) is 119 Å². The molecule has 0 aliphatic carbocycles. The Kier molecular flexibility index (Phi) is 4.18. The SMILES string of the molecule is C[C@H](OC(=O)c1ccc(-n2cnnn2)cc1)C(=O)N1CCNC1=O. The molecular weight excluding hydrogens is 316 g/mol. The molecule has 0 spiro atoms. The van der Waals surface area contributed by atoms with Gasteiger partial charge in [0.05, 0.1) is 11.3 Å². The number of nitrogens with zero attached hydrogens (tertiary/aromatic N) is 5. The summed E-state index contributed by atoms with van der Waals surface area (Å²) < 4.78 is 6.57. The molecule has 3 amide bonds. The number of imide groups is 1. The second kappa shape index (κ2) is 6.44. The molecule has 1 aliphatic rings. The Hall–Kier alpha value is -3.30. The van der Waals surface area contributed by atoms with Crippen LogP contribution in [0, 0.1) is 0 Å². The van der Waals surface area contributed by atoms with E-state index in [1.165, 1.54) is 17.9 Å². The third kappa shape index (κ3) is 3.07. The van der Waals surface area contributed by atoms with Gasteiger partial charge in [-0.3, -0.25) is 9.69 Å². The first-order chi connectivity index (χ1) is 11.6.